The number of piperidine rings is 1. The molecule has 1 atom stereocenters. The summed E-state index contributed by atoms with van der Waals surface area (Å²) in [5, 5.41) is 3.50. The van der Waals surface area contributed by atoms with Crippen molar-refractivity contribution in [2.75, 3.05) is 33.2 Å². The maximum atomic E-state index is 4.55. The molecule has 0 amide bonds. The topological polar surface area (TPSA) is 56.7 Å². The molecular weight excluding hydrogens is 487 g/mol. The summed E-state index contributed by atoms with van der Waals surface area (Å²) in [7, 11) is 1.88. The van der Waals surface area contributed by atoms with E-state index in [-0.39, 0.29) is 24.0 Å². The fraction of sp³-hybridized carbons (Fsp3) is 0.522. The molecule has 1 aromatic carbocycles. The average molecular weight is 520 g/mol. The molecule has 0 aliphatic carbocycles. The Bertz CT molecular complexity index is 843. The number of rotatable bonds is 4. The van der Waals surface area contributed by atoms with Crippen LogP contribution in [0.1, 0.15) is 36.3 Å². The fourth-order valence-corrected chi connectivity index (χ4v) is 4.84. The molecule has 6 nitrogen and oxygen atoms in total. The molecule has 2 fully saturated rings. The number of aliphatic imine (C=N–C) groups is 1. The highest BCUT2D eigenvalue weighted by Gasteiger charge is 2.42. The summed E-state index contributed by atoms with van der Waals surface area (Å²) in [4.78, 5) is 18.3. The zero-order valence-corrected chi connectivity index (χ0v) is 20.4. The first-order chi connectivity index (χ1) is 14.2. The number of hydrogen-bond donors (Lipinski definition) is 1. The van der Waals surface area contributed by atoms with E-state index in [1.807, 2.05) is 26.2 Å². The lowest BCUT2D eigenvalue weighted by Crippen LogP contribution is -2.46. The van der Waals surface area contributed by atoms with Gasteiger partial charge in [-0.1, -0.05) is 30.3 Å². The summed E-state index contributed by atoms with van der Waals surface area (Å²) in [6, 6.07) is 12.8. The molecule has 2 saturated heterocycles. The molecule has 4 rings (SSSR count). The van der Waals surface area contributed by atoms with Gasteiger partial charge in [0.1, 0.15) is 5.82 Å². The normalized spacial score (nSPS) is 22.2. The number of hydrogen-bond acceptors (Lipinski definition) is 4. The van der Waals surface area contributed by atoms with Crippen LogP contribution < -0.4 is 5.32 Å². The number of halogens is 1. The summed E-state index contributed by atoms with van der Waals surface area (Å²) in [6.07, 6.45) is 5.66. The molecule has 7 heteroatoms. The van der Waals surface area contributed by atoms with Gasteiger partial charge in [0, 0.05) is 44.8 Å². The van der Waals surface area contributed by atoms with Crippen LogP contribution in [0, 0.1) is 12.3 Å². The number of nitrogens with zero attached hydrogens (tertiary/aromatic N) is 5. The molecule has 1 unspecified atom stereocenters. The van der Waals surface area contributed by atoms with Crippen molar-refractivity contribution in [1.29, 1.82) is 0 Å². The number of aryl methyl sites for hydroxylation is 1. The Labute approximate surface area is 197 Å². The minimum Gasteiger partial charge on any atom is -0.351 e. The molecule has 3 heterocycles. The number of likely N-dealkylation sites (tertiary alicyclic amines) is 2. The Balaban J connectivity index is 0.00000256. The van der Waals surface area contributed by atoms with E-state index in [2.05, 4.69) is 60.4 Å². The lowest BCUT2D eigenvalue weighted by atomic mass is 9.79. The molecule has 30 heavy (non-hydrogen) atoms. The highest BCUT2D eigenvalue weighted by Crippen LogP contribution is 2.39. The van der Waals surface area contributed by atoms with Crippen molar-refractivity contribution in [1.82, 2.24) is 25.1 Å². The molecule has 2 aliphatic heterocycles. The molecule has 162 valence electrons. The number of aromatic nitrogens is 2. The van der Waals surface area contributed by atoms with Gasteiger partial charge in [-0.15, -0.1) is 24.0 Å². The maximum absolute atomic E-state index is 4.55. The third-order valence-electron chi connectivity index (χ3n) is 6.20. The van der Waals surface area contributed by atoms with Gasteiger partial charge in [-0.3, -0.25) is 9.89 Å². The number of nitrogens with one attached hydrogen (secondary N) is 1. The van der Waals surface area contributed by atoms with E-state index in [0.717, 1.165) is 37.1 Å². The van der Waals surface area contributed by atoms with Crippen molar-refractivity contribution in [3.8, 4) is 0 Å². The first-order valence-corrected chi connectivity index (χ1v) is 10.7. The summed E-state index contributed by atoms with van der Waals surface area (Å²) in [5.41, 5.74) is 2.80. The molecule has 0 radical (unpaired) electrons. The van der Waals surface area contributed by atoms with Crippen molar-refractivity contribution < 1.29 is 0 Å². The standard InChI is InChI=1S/C23H32N6.HI/c1-19-25-12-9-21(27-19)15-26-22(24-2)29-14-11-23(18-29)10-6-13-28(17-23)16-20-7-4-3-5-8-20;/h3-5,7-9,12H,6,10-11,13-18H2,1-2H3,(H,24,26);1H. The van der Waals surface area contributed by atoms with Crippen LogP contribution in [0.5, 0.6) is 0 Å². The second kappa shape index (κ2) is 10.5. The lowest BCUT2D eigenvalue weighted by Gasteiger charge is -2.40. The van der Waals surface area contributed by atoms with Crippen molar-refractivity contribution in [3.05, 3.63) is 59.7 Å². The van der Waals surface area contributed by atoms with Crippen LogP contribution in [0.3, 0.4) is 0 Å². The summed E-state index contributed by atoms with van der Waals surface area (Å²) in [6.45, 7) is 8.20. The van der Waals surface area contributed by atoms with E-state index in [1.54, 1.807) is 0 Å². The smallest absolute Gasteiger partial charge is 0.193 e. The second-order valence-electron chi connectivity index (χ2n) is 8.47. The Morgan fingerprint density at radius 2 is 1.97 bits per heavy atom. The van der Waals surface area contributed by atoms with Crippen LogP contribution in [0.15, 0.2) is 47.6 Å². The van der Waals surface area contributed by atoms with Crippen molar-refractivity contribution in [2.45, 2.75) is 39.3 Å². The van der Waals surface area contributed by atoms with Gasteiger partial charge in [0.15, 0.2) is 5.96 Å². The van der Waals surface area contributed by atoms with Gasteiger partial charge in [0.05, 0.1) is 12.2 Å². The van der Waals surface area contributed by atoms with Crippen LogP contribution in [0.4, 0.5) is 0 Å². The third-order valence-corrected chi connectivity index (χ3v) is 6.20. The fourth-order valence-electron chi connectivity index (χ4n) is 4.84. The van der Waals surface area contributed by atoms with E-state index < -0.39 is 0 Å². The summed E-state index contributed by atoms with van der Waals surface area (Å²) in [5.74, 6) is 1.79. The van der Waals surface area contributed by atoms with Crippen molar-refractivity contribution in [2.24, 2.45) is 10.4 Å². The molecule has 1 N–H and O–H groups in total. The third kappa shape index (κ3) is 5.69. The van der Waals surface area contributed by atoms with Crippen LogP contribution in [-0.4, -0.2) is 59.0 Å². The Morgan fingerprint density at radius 3 is 2.73 bits per heavy atom. The SMILES string of the molecule is CN=C(NCc1ccnc(C)n1)N1CCC2(CCCN(Cc3ccccc3)C2)C1.I. The van der Waals surface area contributed by atoms with E-state index in [0.29, 0.717) is 12.0 Å². The lowest BCUT2D eigenvalue weighted by molar-refractivity contribution is 0.0926. The average Bonchev–Trinajstić information content (AvgIpc) is 3.12. The van der Waals surface area contributed by atoms with E-state index in [4.69, 9.17) is 0 Å². The van der Waals surface area contributed by atoms with Gasteiger partial charge in [0.2, 0.25) is 0 Å². The summed E-state index contributed by atoms with van der Waals surface area (Å²) < 4.78 is 0. The zero-order chi connectivity index (χ0) is 20.1. The van der Waals surface area contributed by atoms with Gasteiger partial charge < -0.3 is 10.2 Å². The highest BCUT2D eigenvalue weighted by atomic mass is 127. The van der Waals surface area contributed by atoms with Gasteiger partial charge in [-0.2, -0.15) is 0 Å². The van der Waals surface area contributed by atoms with E-state index in [9.17, 15) is 0 Å². The van der Waals surface area contributed by atoms with Gasteiger partial charge >= 0.3 is 0 Å². The molecule has 2 aliphatic rings. The predicted octanol–water partition coefficient (Wildman–Crippen LogP) is 3.47. The first kappa shape index (κ1) is 22.9. The molecular formula is C23H33IN6. The van der Waals surface area contributed by atoms with Gasteiger partial charge in [0.25, 0.3) is 0 Å². The number of benzene rings is 1. The van der Waals surface area contributed by atoms with Crippen LogP contribution in [0.2, 0.25) is 0 Å². The monoisotopic (exact) mass is 520 g/mol. The zero-order valence-electron chi connectivity index (χ0n) is 18.0. The van der Waals surface area contributed by atoms with Gasteiger partial charge in [-0.25, -0.2) is 9.97 Å². The van der Waals surface area contributed by atoms with Crippen LogP contribution in [0.25, 0.3) is 0 Å². The number of guanidine groups is 1. The largest absolute Gasteiger partial charge is 0.351 e. The molecule has 1 aromatic heterocycles. The minimum atomic E-state index is 0. The Morgan fingerprint density at radius 1 is 1.13 bits per heavy atom. The van der Waals surface area contributed by atoms with E-state index in [1.165, 1.54) is 37.9 Å². The molecule has 0 saturated carbocycles. The van der Waals surface area contributed by atoms with E-state index >= 15 is 0 Å². The maximum Gasteiger partial charge on any atom is 0.193 e. The summed E-state index contributed by atoms with van der Waals surface area (Å²) >= 11 is 0. The minimum absolute atomic E-state index is 0. The molecule has 0 bridgehead atoms. The Hall–Kier alpha value is -1.74. The second-order valence-corrected chi connectivity index (χ2v) is 8.47. The molecule has 2 aromatic rings. The van der Waals surface area contributed by atoms with Crippen molar-refractivity contribution in [3.63, 3.8) is 0 Å². The highest BCUT2D eigenvalue weighted by molar-refractivity contribution is 14.0. The van der Waals surface area contributed by atoms with Gasteiger partial charge in [-0.05, 0) is 44.4 Å². The van der Waals surface area contributed by atoms with Crippen LogP contribution >= 0.6 is 24.0 Å². The first-order valence-electron chi connectivity index (χ1n) is 10.7. The quantitative estimate of drug-likeness (QED) is 0.380. The van der Waals surface area contributed by atoms with Crippen LogP contribution in [-0.2, 0) is 13.1 Å². The Kier molecular flexibility index (Phi) is 8.05. The van der Waals surface area contributed by atoms with Crippen molar-refractivity contribution >= 4 is 29.9 Å². The predicted molar refractivity (Wildman–Crippen MR) is 132 cm³/mol. The molecule has 1 spiro atoms.